The molecule has 0 bridgehead atoms. The Morgan fingerprint density at radius 3 is 2.41 bits per heavy atom. The molecule has 250 valence electrons. The molecule has 0 fully saturated rings. The van der Waals surface area contributed by atoms with Crippen LogP contribution in [0.15, 0.2) is 60.7 Å². The molecular weight excluding hydrogens is 635 g/mol. The van der Waals surface area contributed by atoms with Gasteiger partial charge in [0.1, 0.15) is 17.9 Å². The van der Waals surface area contributed by atoms with Crippen molar-refractivity contribution in [3.63, 3.8) is 0 Å². The largest absolute Gasteiger partial charge is 0.495 e. The van der Waals surface area contributed by atoms with Gasteiger partial charge >= 0.3 is 11.9 Å². The molecule has 6 atom stereocenters. The van der Waals surface area contributed by atoms with Crippen molar-refractivity contribution in [1.29, 1.82) is 0 Å². The van der Waals surface area contributed by atoms with E-state index in [4.69, 9.17) is 37.4 Å². The average molecular weight is 678 g/mol. The van der Waals surface area contributed by atoms with E-state index in [9.17, 15) is 24.3 Å². The van der Waals surface area contributed by atoms with Gasteiger partial charge in [-0.05, 0) is 41.7 Å². The second-order valence-corrected chi connectivity index (χ2v) is 12.5. The second-order valence-electron chi connectivity index (χ2n) is 11.7. The van der Waals surface area contributed by atoms with Crippen LogP contribution in [0.5, 0.6) is 5.75 Å². The third-order valence-corrected chi connectivity index (χ3v) is 8.39. The Bertz CT molecular complexity index is 1370. The van der Waals surface area contributed by atoms with Gasteiger partial charge in [-0.3, -0.25) is 14.4 Å². The fourth-order valence-electron chi connectivity index (χ4n) is 4.98. The van der Waals surface area contributed by atoms with Crippen LogP contribution in [-0.4, -0.2) is 66.9 Å². The molecule has 0 aliphatic carbocycles. The van der Waals surface area contributed by atoms with Crippen LogP contribution in [0.2, 0.25) is 5.02 Å². The molecule has 10 nitrogen and oxygen atoms in total. The van der Waals surface area contributed by atoms with E-state index in [1.165, 1.54) is 19.3 Å². The van der Waals surface area contributed by atoms with E-state index < -0.39 is 59.4 Å². The smallest absolute Gasteiger partial charge is 0.347 e. The first-order valence-corrected chi connectivity index (χ1v) is 16.0. The highest BCUT2D eigenvalue weighted by atomic mass is 35.5. The number of halogens is 2. The molecule has 12 heteroatoms. The van der Waals surface area contributed by atoms with Crippen LogP contribution >= 0.6 is 23.2 Å². The average Bonchev–Trinajstić information content (AvgIpc) is 3.02. The highest BCUT2D eigenvalue weighted by molar-refractivity contribution is 6.32. The topological polar surface area (TPSA) is 140 Å². The molecule has 0 saturated carbocycles. The highest BCUT2D eigenvalue weighted by Gasteiger charge is 2.35. The van der Waals surface area contributed by atoms with E-state index >= 15 is 0 Å². The van der Waals surface area contributed by atoms with Crippen molar-refractivity contribution in [2.75, 3.05) is 13.7 Å². The monoisotopic (exact) mass is 676 g/mol. The summed E-state index contributed by atoms with van der Waals surface area (Å²) >= 11 is 12.9. The van der Waals surface area contributed by atoms with Crippen LogP contribution in [0.3, 0.4) is 0 Å². The summed E-state index contributed by atoms with van der Waals surface area (Å²) in [5, 5.41) is 16.1. The summed E-state index contributed by atoms with van der Waals surface area (Å²) in [7, 11) is 1.49. The lowest BCUT2D eigenvalue weighted by molar-refractivity contribution is -0.175. The number of esters is 2. The van der Waals surface area contributed by atoms with Gasteiger partial charge in [0.2, 0.25) is 11.8 Å². The number of methoxy groups -OCH3 is 1. The minimum absolute atomic E-state index is 0.0155. The predicted molar refractivity (Wildman–Crippen MR) is 174 cm³/mol. The molecule has 0 spiro atoms. The van der Waals surface area contributed by atoms with E-state index in [2.05, 4.69) is 10.6 Å². The minimum atomic E-state index is -1.20. The molecule has 2 aromatic carbocycles. The van der Waals surface area contributed by atoms with Gasteiger partial charge in [0.15, 0.2) is 6.10 Å². The molecule has 2 amide bonds. The molecule has 2 aromatic rings. The summed E-state index contributed by atoms with van der Waals surface area (Å²) < 4.78 is 16.6. The summed E-state index contributed by atoms with van der Waals surface area (Å²) in [5.74, 6) is -2.80. The lowest BCUT2D eigenvalue weighted by Crippen LogP contribution is -2.48. The zero-order valence-electron chi connectivity index (χ0n) is 26.4. The Morgan fingerprint density at radius 1 is 1.04 bits per heavy atom. The number of benzene rings is 2. The Morgan fingerprint density at radius 2 is 1.76 bits per heavy atom. The summed E-state index contributed by atoms with van der Waals surface area (Å²) in [5.41, 5.74) is 1.36. The van der Waals surface area contributed by atoms with Gasteiger partial charge in [-0.1, -0.05) is 74.8 Å². The summed E-state index contributed by atoms with van der Waals surface area (Å²) in [6, 6.07) is 13.0. The number of hydrogen-bond acceptors (Lipinski definition) is 8. The van der Waals surface area contributed by atoms with E-state index in [0.29, 0.717) is 21.9 Å². The number of hydrogen-bond donors (Lipinski definition) is 3. The molecule has 1 heterocycles. The fourth-order valence-corrected chi connectivity index (χ4v) is 5.63. The predicted octanol–water partition coefficient (Wildman–Crippen LogP) is 4.69. The number of ether oxygens (including phenoxy) is 3. The quantitative estimate of drug-likeness (QED) is 0.257. The first-order valence-electron chi connectivity index (χ1n) is 15.2. The Hall–Kier alpha value is -3.60. The third kappa shape index (κ3) is 11.0. The van der Waals surface area contributed by atoms with Gasteiger partial charge in [-0.25, -0.2) is 4.79 Å². The van der Waals surface area contributed by atoms with Crippen LogP contribution in [0.1, 0.15) is 56.5 Å². The number of alkyl halides is 1. The molecule has 3 N–H and O–H groups in total. The van der Waals surface area contributed by atoms with Crippen LogP contribution in [0.25, 0.3) is 0 Å². The SMILES string of the molecule is COc1ccc(C[C@H]2NC(=O)/C=C/C[C@@H](C(C)[C@@H](O)[C@@H](Cl)c3ccccc3)OC(=O)[C@H](CC(C)C)OC(=O)CCNC2=O)cc1Cl. The van der Waals surface area contributed by atoms with Gasteiger partial charge in [0.25, 0.3) is 0 Å². The van der Waals surface area contributed by atoms with Crippen molar-refractivity contribution in [3.8, 4) is 5.75 Å². The number of rotatable bonds is 9. The van der Waals surface area contributed by atoms with Crippen molar-refractivity contribution in [2.24, 2.45) is 11.8 Å². The van der Waals surface area contributed by atoms with Crippen LogP contribution in [0.4, 0.5) is 0 Å². The maximum Gasteiger partial charge on any atom is 0.347 e. The molecule has 0 saturated heterocycles. The molecule has 0 aromatic heterocycles. The number of carbonyl (C=O) groups excluding carboxylic acids is 4. The Labute approximate surface area is 279 Å². The van der Waals surface area contributed by atoms with E-state index in [1.807, 2.05) is 19.9 Å². The maximum atomic E-state index is 13.4. The summed E-state index contributed by atoms with van der Waals surface area (Å²) in [6.45, 7) is 5.35. The van der Waals surface area contributed by atoms with Crippen LogP contribution in [0, 0.1) is 11.8 Å². The zero-order chi connectivity index (χ0) is 33.8. The lowest BCUT2D eigenvalue weighted by atomic mass is 9.90. The first kappa shape index (κ1) is 36.9. The van der Waals surface area contributed by atoms with E-state index in [0.717, 1.165) is 0 Å². The number of aliphatic hydroxyl groups is 1. The Balaban J connectivity index is 1.89. The van der Waals surface area contributed by atoms with E-state index in [1.54, 1.807) is 49.4 Å². The molecule has 1 unspecified atom stereocenters. The molecular formula is C34H42Cl2N2O8. The number of aliphatic hydroxyl groups excluding tert-OH is 1. The molecule has 1 aliphatic rings. The van der Waals surface area contributed by atoms with Gasteiger partial charge in [0.05, 0.1) is 30.0 Å². The van der Waals surface area contributed by atoms with Crippen molar-refractivity contribution in [3.05, 3.63) is 76.8 Å². The van der Waals surface area contributed by atoms with Crippen molar-refractivity contribution in [1.82, 2.24) is 10.6 Å². The third-order valence-electron chi connectivity index (χ3n) is 7.59. The minimum Gasteiger partial charge on any atom is -0.495 e. The zero-order valence-corrected chi connectivity index (χ0v) is 27.9. The van der Waals surface area contributed by atoms with Crippen molar-refractivity contribution in [2.45, 2.75) is 76.2 Å². The number of cyclic esters (lactones) is 2. The van der Waals surface area contributed by atoms with Gasteiger partial charge in [-0.2, -0.15) is 0 Å². The Kier molecular flexibility index (Phi) is 14.4. The van der Waals surface area contributed by atoms with Crippen LogP contribution < -0.4 is 15.4 Å². The lowest BCUT2D eigenvalue weighted by Gasteiger charge is -2.31. The molecule has 46 heavy (non-hydrogen) atoms. The van der Waals surface area contributed by atoms with Crippen molar-refractivity contribution < 1.29 is 38.5 Å². The molecule has 0 radical (unpaired) electrons. The second kappa shape index (κ2) is 17.9. The van der Waals surface area contributed by atoms with Gasteiger partial charge in [0, 0.05) is 25.3 Å². The number of amides is 2. The number of nitrogens with one attached hydrogen (secondary N) is 2. The molecule has 3 rings (SSSR count). The van der Waals surface area contributed by atoms with Crippen LogP contribution in [-0.2, 0) is 35.1 Å². The highest BCUT2D eigenvalue weighted by Crippen LogP contribution is 2.32. The van der Waals surface area contributed by atoms with Gasteiger partial charge in [-0.15, -0.1) is 11.6 Å². The first-order chi connectivity index (χ1) is 21.9. The maximum absolute atomic E-state index is 13.4. The van der Waals surface area contributed by atoms with E-state index in [-0.39, 0.29) is 38.1 Å². The normalized spacial score (nSPS) is 22.9. The summed E-state index contributed by atoms with van der Waals surface area (Å²) in [6.07, 6.45) is -0.406. The van der Waals surface area contributed by atoms with Crippen molar-refractivity contribution >= 4 is 47.0 Å². The fraction of sp³-hybridized carbons (Fsp3) is 0.471. The summed E-state index contributed by atoms with van der Waals surface area (Å²) in [4.78, 5) is 52.3. The van der Waals surface area contributed by atoms with Gasteiger partial charge < -0.3 is 30.0 Å². The standard InChI is InChI=1S/C34H42Cl2N2O8/c1-20(2)17-28-34(43)46-26(21(3)32(41)31(36)23-9-6-5-7-10-23)11-8-12-29(39)38-25(33(42)37-16-15-30(40)45-28)19-22-13-14-27(44-4)24(35)18-22/h5-10,12-14,18,20-21,25-26,28,31-32,41H,11,15-17,19H2,1-4H3,(H,37,42)(H,38,39)/b12-8+/t21?,25-,26+,28+,31+,32-/m1/s1. The number of carbonyl (C=O) groups is 4. The molecule has 1 aliphatic heterocycles.